The van der Waals surface area contributed by atoms with E-state index in [1.165, 1.54) is 38.2 Å². The summed E-state index contributed by atoms with van der Waals surface area (Å²) >= 11 is 0. The Kier molecular flexibility index (Phi) is 7.24. The lowest BCUT2D eigenvalue weighted by molar-refractivity contribution is -0.116. The lowest BCUT2D eigenvalue weighted by Crippen LogP contribution is -2.35. The number of nitrogens with one attached hydrogen (secondary N) is 3. The van der Waals surface area contributed by atoms with Crippen LogP contribution in [0.1, 0.15) is 6.92 Å². The minimum Gasteiger partial charge on any atom is -0.354 e. The highest BCUT2D eigenvalue weighted by Crippen LogP contribution is 2.25. The first-order chi connectivity index (χ1) is 15.3. The Bertz CT molecular complexity index is 1200. The van der Waals surface area contributed by atoms with Crippen molar-refractivity contribution < 1.29 is 18.0 Å². The highest BCUT2D eigenvalue weighted by Gasteiger charge is 2.23. The van der Waals surface area contributed by atoms with Crippen LogP contribution in [0.5, 0.6) is 0 Å². The Labute approximate surface area is 187 Å². The lowest BCUT2D eigenvalue weighted by Gasteiger charge is -2.18. The molecule has 0 atom stereocenters. The minimum absolute atomic E-state index is 0.0213. The van der Waals surface area contributed by atoms with Gasteiger partial charge in [0.2, 0.25) is 21.8 Å². The van der Waals surface area contributed by atoms with Crippen LogP contribution in [0.2, 0.25) is 0 Å². The number of anilines is 4. The van der Waals surface area contributed by atoms with Gasteiger partial charge in [-0.25, -0.2) is 8.42 Å². The number of nitrogens with zero attached hydrogens (tertiary/aromatic N) is 1. The topological polar surface area (TPSA) is 108 Å². The van der Waals surface area contributed by atoms with Crippen molar-refractivity contribution in [3.63, 3.8) is 0 Å². The number of rotatable bonds is 8. The van der Waals surface area contributed by atoms with Crippen LogP contribution in [0.4, 0.5) is 22.7 Å². The highest BCUT2D eigenvalue weighted by molar-refractivity contribution is 7.89. The summed E-state index contributed by atoms with van der Waals surface area (Å²) in [7, 11) is -2.55. The monoisotopic (exact) mass is 452 g/mol. The molecule has 0 spiro atoms. The van der Waals surface area contributed by atoms with Crippen molar-refractivity contribution in [3.05, 3.63) is 78.9 Å². The third-order valence-electron chi connectivity index (χ3n) is 4.50. The molecule has 3 aromatic carbocycles. The maximum Gasteiger partial charge on any atom is 0.243 e. The van der Waals surface area contributed by atoms with Crippen molar-refractivity contribution in [2.45, 2.75) is 11.8 Å². The molecular formula is C23H24N4O4S. The molecule has 32 heavy (non-hydrogen) atoms. The third-order valence-corrected chi connectivity index (χ3v) is 6.32. The summed E-state index contributed by atoms with van der Waals surface area (Å²) in [4.78, 5) is 23.7. The Morgan fingerprint density at radius 3 is 2.00 bits per heavy atom. The van der Waals surface area contributed by atoms with Crippen LogP contribution in [-0.4, -0.2) is 38.1 Å². The number of likely N-dealkylation sites (N-methyl/N-ethyl adjacent to an activating group) is 1. The van der Waals surface area contributed by atoms with E-state index in [2.05, 4.69) is 16.0 Å². The standard InChI is InChI=1S/C23H24N4O4S/c1-17(28)24-19-12-14-20(15-13-19)32(30,31)27(2)16-23(29)26-22-11-7-6-10-21(22)25-18-8-4-3-5-9-18/h3-15,25H,16H2,1-2H3,(H,24,28)(H,26,29). The van der Waals surface area contributed by atoms with Crippen molar-refractivity contribution in [2.24, 2.45) is 0 Å². The first-order valence-corrected chi connectivity index (χ1v) is 11.2. The largest absolute Gasteiger partial charge is 0.354 e. The molecule has 9 heteroatoms. The maximum atomic E-state index is 12.8. The van der Waals surface area contributed by atoms with Gasteiger partial charge in [-0.05, 0) is 48.5 Å². The van der Waals surface area contributed by atoms with Gasteiger partial charge in [0.15, 0.2) is 0 Å². The molecule has 0 aliphatic carbocycles. The van der Waals surface area contributed by atoms with Crippen LogP contribution in [-0.2, 0) is 19.6 Å². The average Bonchev–Trinajstić information content (AvgIpc) is 2.76. The number of carbonyl (C=O) groups is 2. The first kappa shape index (κ1) is 23.0. The summed E-state index contributed by atoms with van der Waals surface area (Å²) in [5.41, 5.74) is 2.56. The average molecular weight is 453 g/mol. The van der Waals surface area contributed by atoms with E-state index in [4.69, 9.17) is 0 Å². The molecule has 0 aromatic heterocycles. The van der Waals surface area contributed by atoms with Gasteiger partial charge in [0.25, 0.3) is 0 Å². The Balaban J connectivity index is 1.67. The van der Waals surface area contributed by atoms with Crippen molar-refractivity contribution in [1.29, 1.82) is 0 Å². The summed E-state index contributed by atoms with van der Waals surface area (Å²) in [5.74, 6) is -0.732. The van der Waals surface area contributed by atoms with Crippen LogP contribution in [0, 0.1) is 0 Å². The molecule has 0 unspecified atom stereocenters. The van der Waals surface area contributed by atoms with Crippen LogP contribution in [0.15, 0.2) is 83.8 Å². The highest BCUT2D eigenvalue weighted by atomic mass is 32.2. The van der Waals surface area contributed by atoms with E-state index in [1.54, 1.807) is 12.1 Å². The summed E-state index contributed by atoms with van der Waals surface area (Å²) in [6.07, 6.45) is 0. The molecule has 166 valence electrons. The second-order valence-electron chi connectivity index (χ2n) is 7.05. The summed E-state index contributed by atoms with van der Waals surface area (Å²) in [6, 6.07) is 22.4. The Morgan fingerprint density at radius 2 is 1.38 bits per heavy atom. The van der Waals surface area contributed by atoms with E-state index >= 15 is 0 Å². The van der Waals surface area contributed by atoms with Gasteiger partial charge in [-0.2, -0.15) is 4.31 Å². The van der Waals surface area contributed by atoms with Crippen LogP contribution in [0.25, 0.3) is 0 Å². The molecule has 0 saturated carbocycles. The van der Waals surface area contributed by atoms with Crippen LogP contribution in [0.3, 0.4) is 0 Å². The van der Waals surface area contributed by atoms with Crippen molar-refractivity contribution in [2.75, 3.05) is 29.5 Å². The first-order valence-electron chi connectivity index (χ1n) is 9.80. The van der Waals surface area contributed by atoms with E-state index in [1.807, 2.05) is 42.5 Å². The fourth-order valence-corrected chi connectivity index (χ4v) is 4.08. The van der Waals surface area contributed by atoms with E-state index in [9.17, 15) is 18.0 Å². The predicted octanol–water partition coefficient (Wildman–Crippen LogP) is 3.65. The molecule has 3 N–H and O–H groups in total. The van der Waals surface area contributed by atoms with Crippen LogP contribution < -0.4 is 16.0 Å². The molecule has 0 bridgehead atoms. The van der Waals surface area contributed by atoms with Crippen molar-refractivity contribution >= 4 is 44.6 Å². The SMILES string of the molecule is CC(=O)Nc1ccc(S(=O)(=O)N(C)CC(=O)Nc2ccccc2Nc2ccccc2)cc1. The second-order valence-corrected chi connectivity index (χ2v) is 9.10. The lowest BCUT2D eigenvalue weighted by atomic mass is 10.2. The normalized spacial score (nSPS) is 11.1. The smallest absolute Gasteiger partial charge is 0.243 e. The number of hydrogen-bond donors (Lipinski definition) is 3. The molecule has 0 aliphatic rings. The van der Waals surface area contributed by atoms with Gasteiger partial charge in [0.05, 0.1) is 22.8 Å². The molecular weight excluding hydrogens is 428 g/mol. The summed E-state index contributed by atoms with van der Waals surface area (Å²) in [6.45, 7) is 1.00. The van der Waals surface area contributed by atoms with Gasteiger partial charge in [-0.1, -0.05) is 30.3 Å². The van der Waals surface area contributed by atoms with Gasteiger partial charge < -0.3 is 16.0 Å². The molecule has 8 nitrogen and oxygen atoms in total. The molecule has 0 saturated heterocycles. The third kappa shape index (κ3) is 5.93. The minimum atomic E-state index is -3.89. The van der Waals surface area contributed by atoms with Gasteiger partial charge in [-0.3, -0.25) is 9.59 Å². The second kappa shape index (κ2) is 10.1. The van der Waals surface area contributed by atoms with Gasteiger partial charge in [-0.15, -0.1) is 0 Å². The van der Waals surface area contributed by atoms with E-state index in [-0.39, 0.29) is 17.3 Å². The number of hydrogen-bond acceptors (Lipinski definition) is 5. The zero-order valence-corrected chi connectivity index (χ0v) is 18.5. The molecule has 3 rings (SSSR count). The summed E-state index contributed by atoms with van der Waals surface area (Å²) in [5, 5.41) is 8.57. The molecule has 3 aromatic rings. The number of carbonyl (C=O) groups excluding carboxylic acids is 2. The van der Waals surface area contributed by atoms with Crippen molar-refractivity contribution in [1.82, 2.24) is 4.31 Å². The Morgan fingerprint density at radius 1 is 0.781 bits per heavy atom. The van der Waals surface area contributed by atoms with E-state index in [0.29, 0.717) is 17.1 Å². The fraction of sp³-hybridized carbons (Fsp3) is 0.130. The molecule has 0 aliphatic heterocycles. The van der Waals surface area contributed by atoms with Gasteiger partial charge in [0, 0.05) is 25.3 Å². The Hall–Kier alpha value is -3.69. The fourth-order valence-electron chi connectivity index (χ4n) is 2.95. The van der Waals surface area contributed by atoms with Gasteiger partial charge >= 0.3 is 0 Å². The predicted molar refractivity (Wildman–Crippen MR) is 125 cm³/mol. The number of benzene rings is 3. The zero-order valence-electron chi connectivity index (χ0n) is 17.7. The number of amides is 2. The molecule has 0 radical (unpaired) electrons. The molecule has 2 amide bonds. The quantitative estimate of drug-likeness (QED) is 0.484. The number of para-hydroxylation sites is 3. The van der Waals surface area contributed by atoms with E-state index in [0.717, 1.165) is 9.99 Å². The zero-order chi connectivity index (χ0) is 23.1. The maximum absolute atomic E-state index is 12.8. The molecule has 0 fully saturated rings. The van der Waals surface area contributed by atoms with Gasteiger partial charge in [0.1, 0.15) is 0 Å². The number of sulfonamides is 1. The summed E-state index contributed by atoms with van der Waals surface area (Å²) < 4.78 is 26.6. The van der Waals surface area contributed by atoms with Crippen molar-refractivity contribution in [3.8, 4) is 0 Å². The molecule has 0 heterocycles. The van der Waals surface area contributed by atoms with Crippen LogP contribution >= 0.6 is 0 Å². The van der Waals surface area contributed by atoms with E-state index < -0.39 is 15.9 Å².